The highest BCUT2D eigenvalue weighted by atomic mass is 15.1. The molecule has 0 saturated heterocycles. The fourth-order valence-electron chi connectivity index (χ4n) is 2.79. The third-order valence-electron chi connectivity index (χ3n) is 4.20. The highest BCUT2D eigenvalue weighted by molar-refractivity contribution is 5.50. The van der Waals surface area contributed by atoms with E-state index in [2.05, 4.69) is 52.3 Å². The van der Waals surface area contributed by atoms with E-state index in [1.165, 1.54) is 33.4 Å². The van der Waals surface area contributed by atoms with Crippen LogP contribution < -0.4 is 0 Å². The Hall–Kier alpha value is -1.50. The van der Waals surface area contributed by atoms with E-state index >= 15 is 0 Å². The van der Waals surface area contributed by atoms with Crippen LogP contribution in [0, 0.1) is 27.7 Å². The van der Waals surface area contributed by atoms with Gasteiger partial charge >= 0.3 is 0 Å². The lowest BCUT2D eigenvalue weighted by Gasteiger charge is -2.23. The second-order valence-corrected chi connectivity index (χ2v) is 5.15. The molecular formula is C18H27N. The molecule has 1 aromatic carbocycles. The maximum Gasteiger partial charge on any atom is 0.0475 e. The predicted octanol–water partition coefficient (Wildman–Crippen LogP) is 4.96. The summed E-state index contributed by atoms with van der Waals surface area (Å²) in [5.74, 6) is 0. The molecule has 0 unspecified atom stereocenters. The number of benzene rings is 1. The van der Waals surface area contributed by atoms with Gasteiger partial charge in [-0.15, -0.1) is 0 Å². The van der Waals surface area contributed by atoms with E-state index in [0.29, 0.717) is 0 Å². The molecule has 1 aromatic rings. The highest BCUT2D eigenvalue weighted by Crippen LogP contribution is 2.28. The lowest BCUT2D eigenvalue weighted by Crippen LogP contribution is -2.13. The van der Waals surface area contributed by atoms with Crippen molar-refractivity contribution in [2.75, 3.05) is 0 Å². The number of rotatable bonds is 5. The summed E-state index contributed by atoms with van der Waals surface area (Å²) >= 11 is 0. The van der Waals surface area contributed by atoms with Gasteiger partial charge < -0.3 is 4.90 Å². The lowest BCUT2D eigenvalue weighted by molar-refractivity contribution is 0.498. The van der Waals surface area contributed by atoms with Crippen LogP contribution in [0.5, 0.6) is 0 Å². The Morgan fingerprint density at radius 2 is 1.42 bits per heavy atom. The third-order valence-corrected chi connectivity index (χ3v) is 4.20. The van der Waals surface area contributed by atoms with Crippen molar-refractivity contribution in [2.45, 2.75) is 54.5 Å². The first-order valence-corrected chi connectivity index (χ1v) is 7.07. The normalized spacial score (nSPS) is 11.1. The van der Waals surface area contributed by atoms with E-state index < -0.39 is 0 Å². The van der Waals surface area contributed by atoms with Crippen molar-refractivity contribution in [3.63, 3.8) is 0 Å². The summed E-state index contributed by atoms with van der Waals surface area (Å²) in [6, 6.07) is 0. The fourth-order valence-corrected chi connectivity index (χ4v) is 2.79. The van der Waals surface area contributed by atoms with Gasteiger partial charge in [0.2, 0.25) is 0 Å². The Labute approximate surface area is 118 Å². The average molecular weight is 257 g/mol. The summed E-state index contributed by atoms with van der Waals surface area (Å²) in [6.07, 6.45) is 7.12. The van der Waals surface area contributed by atoms with Crippen LogP contribution >= 0.6 is 0 Å². The maximum atomic E-state index is 3.89. The van der Waals surface area contributed by atoms with Gasteiger partial charge in [0, 0.05) is 6.54 Å². The molecule has 104 valence electrons. The molecular weight excluding hydrogens is 230 g/mol. The minimum absolute atomic E-state index is 0.900. The standard InChI is InChI=1S/C18H27N/c1-8-11-19(10-3)12-18-15(6)13(4)17(9-2)14(5)16(18)7/h8,10-11H,3,9,12H2,1-2,4-7H3/b11-8-. The van der Waals surface area contributed by atoms with Gasteiger partial charge in [-0.1, -0.05) is 19.6 Å². The van der Waals surface area contributed by atoms with Crippen LogP contribution in [-0.2, 0) is 13.0 Å². The van der Waals surface area contributed by atoms with Crippen LogP contribution in [0.15, 0.2) is 25.1 Å². The van der Waals surface area contributed by atoms with E-state index in [-0.39, 0.29) is 0 Å². The first kappa shape index (κ1) is 15.6. The lowest BCUT2D eigenvalue weighted by atomic mass is 9.87. The van der Waals surface area contributed by atoms with Gasteiger partial charge in [0.05, 0.1) is 0 Å². The molecule has 19 heavy (non-hydrogen) atoms. The number of hydrogen-bond donors (Lipinski definition) is 0. The molecule has 0 saturated carbocycles. The molecule has 1 heteroatoms. The summed E-state index contributed by atoms with van der Waals surface area (Å²) in [5.41, 5.74) is 8.70. The van der Waals surface area contributed by atoms with Crippen LogP contribution in [0.25, 0.3) is 0 Å². The second-order valence-electron chi connectivity index (χ2n) is 5.15. The van der Waals surface area contributed by atoms with Crippen LogP contribution in [0.3, 0.4) is 0 Å². The van der Waals surface area contributed by atoms with Crippen LogP contribution in [0.4, 0.5) is 0 Å². The van der Waals surface area contributed by atoms with Gasteiger partial charge in [-0.3, -0.25) is 0 Å². The Bertz CT molecular complexity index is 466. The molecule has 0 amide bonds. The summed E-state index contributed by atoms with van der Waals surface area (Å²) in [6.45, 7) is 18.0. The fraction of sp³-hybridized carbons (Fsp3) is 0.444. The number of nitrogens with zero attached hydrogens (tertiary/aromatic N) is 1. The Morgan fingerprint density at radius 3 is 1.79 bits per heavy atom. The van der Waals surface area contributed by atoms with Gasteiger partial charge in [-0.05, 0) is 86.8 Å². The first-order valence-electron chi connectivity index (χ1n) is 7.07. The maximum absolute atomic E-state index is 3.89. The zero-order valence-electron chi connectivity index (χ0n) is 13.3. The molecule has 1 rings (SSSR count). The molecule has 0 bridgehead atoms. The van der Waals surface area contributed by atoms with Crippen molar-refractivity contribution in [3.8, 4) is 0 Å². The summed E-state index contributed by atoms with van der Waals surface area (Å²) in [4.78, 5) is 2.14. The molecule has 0 aromatic heterocycles. The summed E-state index contributed by atoms with van der Waals surface area (Å²) < 4.78 is 0. The Balaban J connectivity index is 3.33. The van der Waals surface area contributed by atoms with Crippen molar-refractivity contribution in [1.29, 1.82) is 0 Å². The SMILES string of the molecule is C=CN(/C=C\C)Cc1c(C)c(C)c(CC)c(C)c1C. The van der Waals surface area contributed by atoms with E-state index in [0.717, 1.165) is 13.0 Å². The molecule has 0 N–H and O–H groups in total. The molecule has 0 aliphatic rings. The quantitative estimate of drug-likeness (QED) is 0.720. The molecule has 1 nitrogen and oxygen atoms in total. The third kappa shape index (κ3) is 3.09. The molecule has 0 aliphatic heterocycles. The van der Waals surface area contributed by atoms with Gasteiger partial charge in [-0.2, -0.15) is 0 Å². The van der Waals surface area contributed by atoms with Crippen LogP contribution in [-0.4, -0.2) is 4.90 Å². The molecule has 0 radical (unpaired) electrons. The monoisotopic (exact) mass is 257 g/mol. The topological polar surface area (TPSA) is 3.24 Å². The van der Waals surface area contributed by atoms with Crippen LogP contribution in [0.2, 0.25) is 0 Å². The molecule has 0 spiro atoms. The van der Waals surface area contributed by atoms with Gasteiger partial charge in [0.25, 0.3) is 0 Å². The predicted molar refractivity (Wildman–Crippen MR) is 85.3 cm³/mol. The van der Waals surface area contributed by atoms with E-state index in [1.54, 1.807) is 0 Å². The van der Waals surface area contributed by atoms with Crippen molar-refractivity contribution in [3.05, 3.63) is 58.4 Å². The second kappa shape index (κ2) is 6.60. The van der Waals surface area contributed by atoms with E-state index in [9.17, 15) is 0 Å². The number of hydrogen-bond acceptors (Lipinski definition) is 1. The first-order chi connectivity index (χ1) is 8.97. The van der Waals surface area contributed by atoms with Crippen molar-refractivity contribution < 1.29 is 0 Å². The molecule has 0 heterocycles. The average Bonchev–Trinajstić information content (AvgIpc) is 2.41. The molecule has 0 aliphatic carbocycles. The molecule has 0 atom stereocenters. The van der Waals surface area contributed by atoms with Crippen LogP contribution in [0.1, 0.15) is 47.2 Å². The number of allylic oxidation sites excluding steroid dienone is 1. The van der Waals surface area contributed by atoms with Crippen molar-refractivity contribution >= 4 is 0 Å². The van der Waals surface area contributed by atoms with E-state index in [4.69, 9.17) is 0 Å². The Morgan fingerprint density at radius 1 is 0.947 bits per heavy atom. The zero-order chi connectivity index (χ0) is 14.6. The van der Waals surface area contributed by atoms with Gasteiger partial charge in [0.1, 0.15) is 0 Å². The minimum Gasteiger partial charge on any atom is -0.351 e. The Kier molecular flexibility index (Phi) is 5.41. The highest BCUT2D eigenvalue weighted by Gasteiger charge is 2.14. The summed E-state index contributed by atoms with van der Waals surface area (Å²) in [7, 11) is 0. The largest absolute Gasteiger partial charge is 0.351 e. The smallest absolute Gasteiger partial charge is 0.0475 e. The van der Waals surface area contributed by atoms with E-state index in [1.807, 2.05) is 19.2 Å². The van der Waals surface area contributed by atoms with Gasteiger partial charge in [-0.25, -0.2) is 0 Å². The van der Waals surface area contributed by atoms with Crippen molar-refractivity contribution in [1.82, 2.24) is 4.90 Å². The van der Waals surface area contributed by atoms with Gasteiger partial charge in [0.15, 0.2) is 0 Å². The summed E-state index contributed by atoms with van der Waals surface area (Å²) in [5, 5.41) is 0. The molecule has 0 fully saturated rings. The van der Waals surface area contributed by atoms with Crippen molar-refractivity contribution in [2.24, 2.45) is 0 Å². The zero-order valence-corrected chi connectivity index (χ0v) is 13.3. The minimum atomic E-state index is 0.900.